The summed E-state index contributed by atoms with van der Waals surface area (Å²) < 4.78 is 7.17. The molecule has 0 aliphatic heterocycles. The number of aromatic nitrogens is 3. The highest BCUT2D eigenvalue weighted by Gasteiger charge is 2.12. The third-order valence-electron chi connectivity index (χ3n) is 3.50. The third kappa shape index (κ3) is 3.29. The van der Waals surface area contributed by atoms with Gasteiger partial charge < -0.3 is 10.1 Å². The van der Waals surface area contributed by atoms with E-state index in [0.717, 1.165) is 22.5 Å². The van der Waals surface area contributed by atoms with Crippen molar-refractivity contribution < 1.29 is 4.74 Å². The first kappa shape index (κ1) is 15.4. The zero-order chi connectivity index (χ0) is 16.2. The zero-order valence-corrected chi connectivity index (χ0v) is 13.7. The maximum absolute atomic E-state index is 6.15. The Balaban J connectivity index is 1.86. The maximum Gasteiger partial charge on any atom is 0.160 e. The van der Waals surface area contributed by atoms with Gasteiger partial charge in [-0.2, -0.15) is 5.10 Å². The molecule has 3 aromatic rings. The number of anilines is 1. The summed E-state index contributed by atoms with van der Waals surface area (Å²) in [5.74, 6) is 0.642. The molecule has 0 atom stereocenters. The first-order valence-electron chi connectivity index (χ1n) is 7.18. The van der Waals surface area contributed by atoms with Gasteiger partial charge in [0, 0.05) is 43.3 Å². The number of hydrogen-bond donors (Lipinski definition) is 1. The van der Waals surface area contributed by atoms with Crippen molar-refractivity contribution in [1.29, 1.82) is 0 Å². The maximum atomic E-state index is 6.15. The lowest BCUT2D eigenvalue weighted by Crippen LogP contribution is -2.02. The Labute approximate surface area is 139 Å². The van der Waals surface area contributed by atoms with Crippen molar-refractivity contribution in [2.75, 3.05) is 12.4 Å². The Kier molecular flexibility index (Phi) is 4.48. The van der Waals surface area contributed by atoms with Crippen LogP contribution in [0.2, 0.25) is 5.02 Å². The van der Waals surface area contributed by atoms with Crippen LogP contribution in [0.5, 0.6) is 5.75 Å². The van der Waals surface area contributed by atoms with Crippen LogP contribution in [-0.2, 0) is 13.6 Å². The largest absolute Gasteiger partial charge is 0.493 e. The number of hydrogen-bond acceptors (Lipinski definition) is 4. The standard InChI is InChI=1S/C17H17ClN4O/c1-22-11-13(16(21-22)12-6-8-19-9-7-12)10-20-15-5-3-4-14(18)17(15)23-2/h3-9,11,20H,10H2,1-2H3. The van der Waals surface area contributed by atoms with Crippen LogP contribution in [0.4, 0.5) is 5.69 Å². The van der Waals surface area contributed by atoms with Gasteiger partial charge in [0.1, 0.15) is 0 Å². The summed E-state index contributed by atoms with van der Waals surface area (Å²) in [4.78, 5) is 4.05. The van der Waals surface area contributed by atoms with Crippen molar-refractivity contribution >= 4 is 17.3 Å². The van der Waals surface area contributed by atoms with Gasteiger partial charge in [-0.15, -0.1) is 0 Å². The van der Waals surface area contributed by atoms with Crippen LogP contribution < -0.4 is 10.1 Å². The van der Waals surface area contributed by atoms with Gasteiger partial charge in [-0.05, 0) is 24.3 Å². The van der Waals surface area contributed by atoms with E-state index in [1.165, 1.54) is 0 Å². The fourth-order valence-electron chi connectivity index (χ4n) is 2.47. The molecule has 3 rings (SSSR count). The van der Waals surface area contributed by atoms with Crippen LogP contribution in [-0.4, -0.2) is 21.9 Å². The van der Waals surface area contributed by atoms with E-state index in [1.807, 2.05) is 42.2 Å². The Morgan fingerprint density at radius 3 is 2.74 bits per heavy atom. The molecule has 2 aromatic heterocycles. The minimum absolute atomic E-state index is 0.582. The summed E-state index contributed by atoms with van der Waals surface area (Å²) in [6, 6.07) is 9.53. The second kappa shape index (κ2) is 6.71. The summed E-state index contributed by atoms with van der Waals surface area (Å²) in [5.41, 5.74) is 3.91. The predicted octanol–water partition coefficient (Wildman–Crippen LogP) is 3.76. The molecule has 118 valence electrons. The van der Waals surface area contributed by atoms with E-state index in [2.05, 4.69) is 15.4 Å². The van der Waals surface area contributed by atoms with Gasteiger partial charge in [0.2, 0.25) is 0 Å². The van der Waals surface area contributed by atoms with Crippen molar-refractivity contribution in [3.63, 3.8) is 0 Å². The molecular weight excluding hydrogens is 312 g/mol. The number of ether oxygens (including phenoxy) is 1. The van der Waals surface area contributed by atoms with Crippen LogP contribution in [0.25, 0.3) is 11.3 Å². The van der Waals surface area contributed by atoms with Crippen molar-refractivity contribution in [2.45, 2.75) is 6.54 Å². The molecule has 0 spiro atoms. The summed E-state index contributed by atoms with van der Waals surface area (Å²) in [6.45, 7) is 0.613. The fraction of sp³-hybridized carbons (Fsp3) is 0.176. The van der Waals surface area contributed by atoms with Crippen LogP contribution >= 0.6 is 11.6 Å². The molecule has 0 amide bonds. The highest BCUT2D eigenvalue weighted by Crippen LogP contribution is 2.33. The van der Waals surface area contributed by atoms with Crippen molar-refractivity contribution in [3.8, 4) is 17.0 Å². The normalized spacial score (nSPS) is 10.6. The Bertz CT molecular complexity index is 802. The van der Waals surface area contributed by atoms with Crippen molar-refractivity contribution in [3.05, 3.63) is 59.5 Å². The zero-order valence-electron chi connectivity index (χ0n) is 13.0. The molecule has 1 aromatic carbocycles. The molecule has 0 fully saturated rings. The predicted molar refractivity (Wildman–Crippen MR) is 91.8 cm³/mol. The van der Waals surface area contributed by atoms with E-state index in [-0.39, 0.29) is 0 Å². The number of nitrogens with one attached hydrogen (secondary N) is 1. The van der Waals surface area contributed by atoms with E-state index in [1.54, 1.807) is 25.6 Å². The highest BCUT2D eigenvalue weighted by molar-refractivity contribution is 6.32. The van der Waals surface area contributed by atoms with E-state index in [9.17, 15) is 0 Å². The highest BCUT2D eigenvalue weighted by atomic mass is 35.5. The lowest BCUT2D eigenvalue weighted by molar-refractivity contribution is 0.416. The molecule has 6 heteroatoms. The molecule has 23 heavy (non-hydrogen) atoms. The first-order valence-corrected chi connectivity index (χ1v) is 7.56. The van der Waals surface area contributed by atoms with E-state index >= 15 is 0 Å². The molecule has 0 aliphatic carbocycles. The van der Waals surface area contributed by atoms with Gasteiger partial charge in [0.05, 0.1) is 23.5 Å². The molecule has 1 N–H and O–H groups in total. The van der Waals surface area contributed by atoms with Crippen molar-refractivity contribution in [1.82, 2.24) is 14.8 Å². The number of aryl methyl sites for hydroxylation is 1. The summed E-state index contributed by atoms with van der Waals surface area (Å²) >= 11 is 6.15. The molecule has 0 unspecified atom stereocenters. The van der Waals surface area contributed by atoms with E-state index < -0.39 is 0 Å². The SMILES string of the molecule is COc1c(Cl)cccc1NCc1cn(C)nc1-c1ccncc1. The monoisotopic (exact) mass is 328 g/mol. The van der Waals surface area contributed by atoms with Crippen molar-refractivity contribution in [2.24, 2.45) is 7.05 Å². The second-order valence-electron chi connectivity index (χ2n) is 5.09. The van der Waals surface area contributed by atoms with E-state index in [0.29, 0.717) is 17.3 Å². The third-order valence-corrected chi connectivity index (χ3v) is 3.80. The quantitative estimate of drug-likeness (QED) is 0.775. The van der Waals surface area contributed by atoms with Crippen LogP contribution in [0.1, 0.15) is 5.56 Å². The number of methoxy groups -OCH3 is 1. The van der Waals surface area contributed by atoms with Gasteiger partial charge in [0.15, 0.2) is 5.75 Å². The van der Waals surface area contributed by atoms with Gasteiger partial charge in [-0.1, -0.05) is 17.7 Å². The first-order chi connectivity index (χ1) is 11.2. The Hall–Kier alpha value is -2.53. The minimum Gasteiger partial charge on any atom is -0.493 e. The molecule has 0 radical (unpaired) electrons. The number of benzene rings is 1. The summed E-state index contributed by atoms with van der Waals surface area (Å²) in [7, 11) is 3.52. The molecular formula is C17H17ClN4O. The molecule has 0 saturated carbocycles. The molecule has 0 bridgehead atoms. The summed E-state index contributed by atoms with van der Waals surface area (Å²) in [6.07, 6.45) is 5.53. The molecule has 0 saturated heterocycles. The second-order valence-corrected chi connectivity index (χ2v) is 5.49. The van der Waals surface area contributed by atoms with Gasteiger partial charge >= 0.3 is 0 Å². The van der Waals surface area contributed by atoms with Crippen LogP contribution in [0.3, 0.4) is 0 Å². The van der Waals surface area contributed by atoms with Crippen LogP contribution in [0, 0.1) is 0 Å². The molecule has 5 nitrogen and oxygen atoms in total. The number of pyridine rings is 1. The lowest BCUT2D eigenvalue weighted by atomic mass is 10.1. The Morgan fingerprint density at radius 1 is 1.22 bits per heavy atom. The lowest BCUT2D eigenvalue weighted by Gasteiger charge is -2.12. The average Bonchev–Trinajstić information content (AvgIpc) is 2.94. The number of para-hydroxylation sites is 1. The van der Waals surface area contributed by atoms with Gasteiger partial charge in [0.25, 0.3) is 0 Å². The minimum atomic E-state index is 0.582. The average molecular weight is 329 g/mol. The Morgan fingerprint density at radius 2 is 2.00 bits per heavy atom. The van der Waals surface area contributed by atoms with Gasteiger partial charge in [-0.25, -0.2) is 0 Å². The fourth-order valence-corrected chi connectivity index (χ4v) is 2.72. The number of halogens is 1. The molecule has 0 aliphatic rings. The van der Waals surface area contributed by atoms with Crippen LogP contribution in [0.15, 0.2) is 48.9 Å². The van der Waals surface area contributed by atoms with E-state index in [4.69, 9.17) is 16.3 Å². The number of rotatable bonds is 5. The smallest absolute Gasteiger partial charge is 0.160 e. The summed E-state index contributed by atoms with van der Waals surface area (Å²) in [5, 5.41) is 8.49. The van der Waals surface area contributed by atoms with Gasteiger partial charge in [-0.3, -0.25) is 9.67 Å². The number of nitrogens with zero attached hydrogens (tertiary/aromatic N) is 3. The molecule has 2 heterocycles. The topological polar surface area (TPSA) is 52.0 Å².